The molecule has 0 bridgehead atoms. The summed E-state index contributed by atoms with van der Waals surface area (Å²) in [6, 6.07) is 9.37. The molecule has 1 fully saturated rings. The van der Waals surface area contributed by atoms with E-state index in [4.69, 9.17) is 15.6 Å². The Morgan fingerprint density at radius 2 is 1.86 bits per heavy atom. The molecule has 226 valence electrons. The van der Waals surface area contributed by atoms with Crippen molar-refractivity contribution in [3.05, 3.63) is 59.2 Å². The number of carbonyl (C=O) groups is 3. The zero-order valence-electron chi connectivity index (χ0n) is 23.5. The second kappa shape index (κ2) is 15.1. The molecular weight excluding hydrogens is 551 g/mol. The van der Waals surface area contributed by atoms with E-state index in [2.05, 4.69) is 10.6 Å². The normalized spacial score (nSPS) is 13.9. The smallest absolute Gasteiger partial charge is 0.419 e. The van der Waals surface area contributed by atoms with E-state index in [9.17, 15) is 27.6 Å². The molecule has 0 radical (unpaired) electrons. The van der Waals surface area contributed by atoms with Gasteiger partial charge in [0.25, 0.3) is 0 Å². The first-order valence-corrected chi connectivity index (χ1v) is 13.9. The van der Waals surface area contributed by atoms with Crippen molar-refractivity contribution in [2.24, 2.45) is 0 Å². The summed E-state index contributed by atoms with van der Waals surface area (Å²) in [5.41, 5.74) is 0.783. The summed E-state index contributed by atoms with van der Waals surface area (Å²) in [5, 5.41) is 20.3. The highest BCUT2D eigenvalue weighted by Crippen LogP contribution is 2.38. The summed E-state index contributed by atoms with van der Waals surface area (Å²) < 4.78 is 46.8. The van der Waals surface area contributed by atoms with Crippen molar-refractivity contribution in [3.63, 3.8) is 0 Å². The number of alkyl halides is 3. The van der Waals surface area contributed by atoms with E-state index in [1.807, 2.05) is 0 Å². The van der Waals surface area contributed by atoms with E-state index in [1.54, 1.807) is 29.2 Å². The van der Waals surface area contributed by atoms with Crippen molar-refractivity contribution in [1.82, 2.24) is 10.2 Å². The van der Waals surface area contributed by atoms with Crippen LogP contribution >= 0.6 is 0 Å². The fourth-order valence-corrected chi connectivity index (χ4v) is 4.55. The predicted octanol–water partition coefficient (Wildman–Crippen LogP) is 5.49. The Morgan fingerprint density at radius 1 is 1.12 bits per heavy atom. The van der Waals surface area contributed by atoms with Gasteiger partial charge < -0.3 is 31.1 Å². The quantitative estimate of drug-likeness (QED) is 0.124. The largest absolute Gasteiger partial charge is 0.493 e. The summed E-state index contributed by atoms with van der Waals surface area (Å²) in [6.07, 6.45) is -0.397. The van der Waals surface area contributed by atoms with Gasteiger partial charge in [0.15, 0.2) is 0 Å². The molecule has 1 aliphatic heterocycles. The van der Waals surface area contributed by atoms with Gasteiger partial charge in [-0.1, -0.05) is 18.2 Å². The third kappa shape index (κ3) is 9.71. The van der Waals surface area contributed by atoms with Crippen LogP contribution in [0.2, 0.25) is 0 Å². The molecule has 0 spiro atoms. The molecule has 2 aromatic rings. The average Bonchev–Trinajstić information content (AvgIpc) is 3.35. The van der Waals surface area contributed by atoms with E-state index < -0.39 is 36.0 Å². The summed E-state index contributed by atoms with van der Waals surface area (Å²) in [6.45, 7) is 2.62. The minimum Gasteiger partial charge on any atom is -0.493 e. The van der Waals surface area contributed by atoms with Crippen LogP contribution in [0.1, 0.15) is 74.6 Å². The maximum Gasteiger partial charge on any atom is 0.419 e. The van der Waals surface area contributed by atoms with E-state index in [1.165, 1.54) is 25.3 Å². The fourth-order valence-electron chi connectivity index (χ4n) is 4.55. The lowest BCUT2D eigenvalue weighted by Gasteiger charge is -2.20. The second-order valence-electron chi connectivity index (χ2n) is 10.1. The Labute approximate surface area is 242 Å². The zero-order chi connectivity index (χ0) is 30.7. The standard InChI is InChI=1S/C30H36F3N5O4/c1-20(36-27(39)19-28(40)37-23-11-8-21(9-12-23)25(35)6-2-3-14-34)22-10-13-26(24(18-22)30(31,32)33)42-17-5-16-38-15-4-7-29(38)41/h8-14,18,20,34-35H,2-7,15-17,19H2,1H3,(H,36,39)(H,37,40). The van der Waals surface area contributed by atoms with Crippen LogP contribution < -0.4 is 15.4 Å². The molecule has 3 amide bonds. The first kappa shape index (κ1) is 32.3. The molecule has 0 aromatic heterocycles. The van der Waals surface area contributed by atoms with Gasteiger partial charge in [0.1, 0.15) is 12.2 Å². The third-order valence-corrected chi connectivity index (χ3v) is 6.80. The number of unbranched alkanes of at least 4 members (excludes halogenated alkanes) is 1. The van der Waals surface area contributed by atoms with Gasteiger partial charge in [-0.2, -0.15) is 13.2 Å². The molecule has 0 saturated carbocycles. The number of likely N-dealkylation sites (tertiary alicyclic amines) is 1. The van der Waals surface area contributed by atoms with Gasteiger partial charge in [0.2, 0.25) is 17.7 Å². The number of rotatable bonds is 15. The van der Waals surface area contributed by atoms with Crippen molar-refractivity contribution in [1.29, 1.82) is 10.8 Å². The number of anilines is 1. The maximum atomic E-state index is 13.8. The van der Waals surface area contributed by atoms with Gasteiger partial charge in [0.05, 0.1) is 18.2 Å². The number of amides is 3. The number of ether oxygens (including phenoxy) is 1. The van der Waals surface area contributed by atoms with Crippen LogP contribution in [0, 0.1) is 10.8 Å². The minimum absolute atomic E-state index is 0.0183. The molecule has 3 rings (SSSR count). The van der Waals surface area contributed by atoms with Crippen molar-refractivity contribution < 1.29 is 32.3 Å². The molecule has 4 N–H and O–H groups in total. The molecule has 42 heavy (non-hydrogen) atoms. The highest BCUT2D eigenvalue weighted by molar-refractivity contribution is 6.04. The lowest BCUT2D eigenvalue weighted by molar-refractivity contribution is -0.139. The average molecular weight is 588 g/mol. The monoisotopic (exact) mass is 587 g/mol. The predicted molar refractivity (Wildman–Crippen MR) is 153 cm³/mol. The Kier molecular flexibility index (Phi) is 11.6. The minimum atomic E-state index is -4.69. The molecule has 1 unspecified atom stereocenters. The molecule has 1 aliphatic rings. The second-order valence-corrected chi connectivity index (χ2v) is 10.1. The third-order valence-electron chi connectivity index (χ3n) is 6.80. The number of hydrogen-bond acceptors (Lipinski definition) is 6. The number of halogens is 3. The zero-order valence-corrected chi connectivity index (χ0v) is 23.5. The number of benzene rings is 2. The van der Waals surface area contributed by atoms with E-state index in [0.717, 1.165) is 12.5 Å². The molecule has 2 aromatic carbocycles. The number of nitrogens with one attached hydrogen (secondary N) is 4. The lowest BCUT2D eigenvalue weighted by Crippen LogP contribution is -2.30. The number of carbonyl (C=O) groups excluding carboxylic acids is 3. The van der Waals surface area contributed by atoms with Crippen LogP contribution in [0.4, 0.5) is 18.9 Å². The van der Waals surface area contributed by atoms with Gasteiger partial charge in [-0.3, -0.25) is 14.4 Å². The molecular formula is C30H36F3N5O4. The molecule has 1 heterocycles. The van der Waals surface area contributed by atoms with E-state index >= 15 is 0 Å². The molecule has 12 heteroatoms. The van der Waals surface area contributed by atoms with E-state index in [-0.39, 0.29) is 23.8 Å². The van der Waals surface area contributed by atoms with Crippen LogP contribution in [-0.4, -0.2) is 54.2 Å². The SMILES string of the molecule is CC(NC(=O)CC(=O)Nc1ccc(C(=N)CCCC=N)cc1)c1ccc(OCCCN2CCCC2=O)c(C(F)(F)F)c1. The Morgan fingerprint density at radius 3 is 2.50 bits per heavy atom. The molecule has 1 saturated heterocycles. The topological polar surface area (TPSA) is 135 Å². The lowest BCUT2D eigenvalue weighted by atomic mass is 10.0. The van der Waals surface area contributed by atoms with Gasteiger partial charge in [-0.15, -0.1) is 0 Å². The first-order valence-electron chi connectivity index (χ1n) is 13.9. The highest BCUT2D eigenvalue weighted by atomic mass is 19.4. The first-order chi connectivity index (χ1) is 20.0. The fraction of sp³-hybridized carbons (Fsp3) is 0.433. The number of hydrogen-bond donors (Lipinski definition) is 4. The van der Waals surface area contributed by atoms with Crippen LogP contribution in [0.5, 0.6) is 5.75 Å². The highest BCUT2D eigenvalue weighted by Gasteiger charge is 2.35. The van der Waals surface area contributed by atoms with Crippen molar-refractivity contribution in [3.8, 4) is 5.75 Å². The van der Waals surface area contributed by atoms with Crippen LogP contribution in [0.25, 0.3) is 0 Å². The summed E-state index contributed by atoms with van der Waals surface area (Å²) >= 11 is 0. The summed E-state index contributed by atoms with van der Waals surface area (Å²) in [7, 11) is 0. The summed E-state index contributed by atoms with van der Waals surface area (Å²) in [4.78, 5) is 38.2. The van der Waals surface area contributed by atoms with Crippen LogP contribution in [-0.2, 0) is 20.6 Å². The van der Waals surface area contributed by atoms with Crippen molar-refractivity contribution in [2.45, 2.75) is 64.1 Å². The molecule has 9 nitrogen and oxygen atoms in total. The van der Waals surface area contributed by atoms with Crippen molar-refractivity contribution in [2.75, 3.05) is 25.0 Å². The molecule has 1 atom stereocenters. The van der Waals surface area contributed by atoms with Crippen LogP contribution in [0.15, 0.2) is 42.5 Å². The molecule has 0 aliphatic carbocycles. The maximum absolute atomic E-state index is 13.8. The van der Waals surface area contributed by atoms with Gasteiger partial charge in [-0.05, 0) is 80.6 Å². The van der Waals surface area contributed by atoms with Gasteiger partial charge >= 0.3 is 6.18 Å². The van der Waals surface area contributed by atoms with E-state index in [0.29, 0.717) is 62.2 Å². The van der Waals surface area contributed by atoms with Gasteiger partial charge in [-0.25, -0.2) is 0 Å². The van der Waals surface area contributed by atoms with Crippen LogP contribution in [0.3, 0.4) is 0 Å². The summed E-state index contributed by atoms with van der Waals surface area (Å²) in [5.74, 6) is -1.54. The van der Waals surface area contributed by atoms with Crippen molar-refractivity contribution >= 4 is 35.3 Å². The number of nitrogens with zero attached hydrogens (tertiary/aromatic N) is 1. The Hall–Kier alpha value is -4.22. The van der Waals surface area contributed by atoms with Gasteiger partial charge in [0, 0.05) is 30.9 Å². The Balaban J connectivity index is 1.51. The Bertz CT molecular complexity index is 1280.